The molecule has 0 unspecified atom stereocenters. The van der Waals surface area contributed by atoms with Crippen molar-refractivity contribution in [2.45, 2.75) is 20.8 Å². The van der Waals surface area contributed by atoms with Gasteiger partial charge in [0.1, 0.15) is 7.14 Å². The van der Waals surface area contributed by atoms with Crippen LogP contribution in [-0.2, 0) is 4.57 Å². The van der Waals surface area contributed by atoms with E-state index < -0.39 is 7.14 Å². The lowest BCUT2D eigenvalue weighted by Crippen LogP contribution is -2.11. The normalized spacial score (nSPS) is 11.6. The van der Waals surface area contributed by atoms with Crippen molar-refractivity contribution >= 4 is 12.4 Å². The molecule has 0 bridgehead atoms. The molecule has 2 heteroatoms. The van der Waals surface area contributed by atoms with E-state index in [9.17, 15) is 4.57 Å². The number of rotatable bonds is 3. The van der Waals surface area contributed by atoms with Crippen LogP contribution in [0.2, 0.25) is 0 Å². The zero-order valence-corrected chi connectivity index (χ0v) is 9.47. The SMILES string of the molecule is CCP(=O)(CC)c1ccccc1C. The first kappa shape index (κ1) is 10.5. The molecule has 0 N–H and O–H groups in total. The maximum absolute atomic E-state index is 12.4. The fourth-order valence-electron chi connectivity index (χ4n) is 1.58. The quantitative estimate of drug-likeness (QED) is 0.679. The van der Waals surface area contributed by atoms with Gasteiger partial charge < -0.3 is 4.57 Å². The molecule has 1 aromatic carbocycles. The lowest BCUT2D eigenvalue weighted by Gasteiger charge is -2.16. The predicted molar refractivity (Wildman–Crippen MR) is 59.5 cm³/mol. The molecule has 1 rings (SSSR count). The first-order valence-corrected chi connectivity index (χ1v) is 6.86. The van der Waals surface area contributed by atoms with Crippen molar-refractivity contribution in [3.8, 4) is 0 Å². The molecule has 0 radical (unpaired) electrons. The Morgan fingerprint density at radius 2 is 1.69 bits per heavy atom. The Bertz CT molecular complexity index is 323. The summed E-state index contributed by atoms with van der Waals surface area (Å²) in [6, 6.07) is 8.01. The van der Waals surface area contributed by atoms with Gasteiger partial charge in [-0.25, -0.2) is 0 Å². The van der Waals surface area contributed by atoms with Crippen molar-refractivity contribution in [3.63, 3.8) is 0 Å². The van der Waals surface area contributed by atoms with Gasteiger partial charge in [-0.3, -0.25) is 0 Å². The topological polar surface area (TPSA) is 17.1 Å². The van der Waals surface area contributed by atoms with Crippen LogP contribution in [0.3, 0.4) is 0 Å². The van der Waals surface area contributed by atoms with E-state index in [1.807, 2.05) is 45.0 Å². The third-order valence-electron chi connectivity index (χ3n) is 2.58. The summed E-state index contributed by atoms with van der Waals surface area (Å²) in [5, 5.41) is 1.07. The van der Waals surface area contributed by atoms with E-state index in [4.69, 9.17) is 0 Å². The average molecular weight is 196 g/mol. The summed E-state index contributed by atoms with van der Waals surface area (Å²) >= 11 is 0. The molecule has 0 aliphatic rings. The molecule has 0 heterocycles. The minimum absolute atomic E-state index is 0.772. The Morgan fingerprint density at radius 3 is 2.15 bits per heavy atom. The molecular formula is C11H17OP. The van der Waals surface area contributed by atoms with Crippen molar-refractivity contribution in [2.24, 2.45) is 0 Å². The van der Waals surface area contributed by atoms with Crippen LogP contribution in [0, 0.1) is 6.92 Å². The van der Waals surface area contributed by atoms with E-state index >= 15 is 0 Å². The molecule has 0 atom stereocenters. The summed E-state index contributed by atoms with van der Waals surface area (Å²) in [5.74, 6) is 0. The summed E-state index contributed by atoms with van der Waals surface area (Å²) in [7, 11) is -2.07. The van der Waals surface area contributed by atoms with Gasteiger partial charge in [0.05, 0.1) is 0 Å². The maximum Gasteiger partial charge on any atom is 0.115 e. The van der Waals surface area contributed by atoms with Crippen LogP contribution in [0.5, 0.6) is 0 Å². The first-order valence-electron chi connectivity index (χ1n) is 4.78. The van der Waals surface area contributed by atoms with Crippen LogP contribution in [0.1, 0.15) is 19.4 Å². The molecule has 0 saturated carbocycles. The van der Waals surface area contributed by atoms with E-state index in [-0.39, 0.29) is 0 Å². The number of hydrogen-bond acceptors (Lipinski definition) is 1. The van der Waals surface area contributed by atoms with E-state index in [0.717, 1.165) is 23.2 Å². The van der Waals surface area contributed by atoms with Crippen molar-refractivity contribution in [3.05, 3.63) is 29.8 Å². The fraction of sp³-hybridized carbons (Fsp3) is 0.455. The third kappa shape index (κ3) is 2.03. The molecule has 72 valence electrons. The average Bonchev–Trinajstić information content (AvgIpc) is 2.17. The van der Waals surface area contributed by atoms with E-state index in [1.165, 1.54) is 0 Å². The highest BCUT2D eigenvalue weighted by Gasteiger charge is 2.20. The smallest absolute Gasteiger partial charge is 0.115 e. The van der Waals surface area contributed by atoms with Gasteiger partial charge in [0.25, 0.3) is 0 Å². The van der Waals surface area contributed by atoms with Crippen LogP contribution in [0.4, 0.5) is 0 Å². The zero-order chi connectivity index (χ0) is 9.90. The van der Waals surface area contributed by atoms with Gasteiger partial charge in [-0.15, -0.1) is 0 Å². The van der Waals surface area contributed by atoms with Gasteiger partial charge in [-0.1, -0.05) is 38.1 Å². The maximum atomic E-state index is 12.4. The monoisotopic (exact) mass is 196 g/mol. The highest BCUT2D eigenvalue weighted by Crippen LogP contribution is 2.43. The van der Waals surface area contributed by atoms with Gasteiger partial charge in [0.15, 0.2) is 0 Å². The molecule has 1 aromatic rings. The number of benzene rings is 1. The molecule has 0 aliphatic heterocycles. The van der Waals surface area contributed by atoms with Crippen molar-refractivity contribution in [1.82, 2.24) is 0 Å². The second-order valence-corrected chi connectivity index (χ2v) is 6.83. The van der Waals surface area contributed by atoms with Crippen LogP contribution in [-0.4, -0.2) is 12.3 Å². The van der Waals surface area contributed by atoms with E-state index in [2.05, 4.69) is 0 Å². The predicted octanol–water partition coefficient (Wildman–Crippen LogP) is 3.02. The summed E-state index contributed by atoms with van der Waals surface area (Å²) in [6.45, 7) is 6.06. The molecule has 0 saturated heterocycles. The standard InChI is InChI=1S/C11H17OP/c1-4-13(12,5-2)11-9-7-6-8-10(11)3/h6-9H,4-5H2,1-3H3. The van der Waals surface area contributed by atoms with Gasteiger partial charge in [0.2, 0.25) is 0 Å². The van der Waals surface area contributed by atoms with E-state index in [0.29, 0.717) is 0 Å². The second-order valence-electron chi connectivity index (χ2n) is 3.31. The largest absolute Gasteiger partial charge is 0.319 e. The van der Waals surface area contributed by atoms with Gasteiger partial charge in [-0.2, -0.15) is 0 Å². The van der Waals surface area contributed by atoms with E-state index in [1.54, 1.807) is 0 Å². The summed E-state index contributed by atoms with van der Waals surface area (Å²) in [5.41, 5.74) is 1.16. The fourth-order valence-corrected chi connectivity index (χ4v) is 3.79. The van der Waals surface area contributed by atoms with Gasteiger partial charge in [0, 0.05) is 17.6 Å². The molecule has 0 aliphatic carbocycles. The highest BCUT2D eigenvalue weighted by molar-refractivity contribution is 7.71. The summed E-state index contributed by atoms with van der Waals surface area (Å²) in [6.07, 6.45) is 1.54. The van der Waals surface area contributed by atoms with Crippen molar-refractivity contribution in [1.29, 1.82) is 0 Å². The molecule has 0 fully saturated rings. The minimum atomic E-state index is -2.07. The first-order chi connectivity index (χ1) is 6.14. The summed E-state index contributed by atoms with van der Waals surface area (Å²) in [4.78, 5) is 0. The lowest BCUT2D eigenvalue weighted by atomic mass is 10.2. The molecule has 0 spiro atoms. The minimum Gasteiger partial charge on any atom is -0.319 e. The second kappa shape index (κ2) is 4.11. The summed E-state index contributed by atoms with van der Waals surface area (Å²) < 4.78 is 12.4. The lowest BCUT2D eigenvalue weighted by molar-refractivity contribution is 0.582. The van der Waals surface area contributed by atoms with Gasteiger partial charge in [-0.05, 0) is 12.5 Å². The Balaban J connectivity index is 3.20. The number of hydrogen-bond donors (Lipinski definition) is 0. The van der Waals surface area contributed by atoms with Crippen molar-refractivity contribution in [2.75, 3.05) is 12.3 Å². The Labute approximate surface area is 80.5 Å². The van der Waals surface area contributed by atoms with Crippen LogP contribution >= 0.6 is 7.14 Å². The highest BCUT2D eigenvalue weighted by atomic mass is 31.2. The Morgan fingerprint density at radius 1 is 1.15 bits per heavy atom. The van der Waals surface area contributed by atoms with Crippen molar-refractivity contribution < 1.29 is 4.57 Å². The van der Waals surface area contributed by atoms with Crippen LogP contribution in [0.15, 0.2) is 24.3 Å². The number of aryl methyl sites for hydroxylation is 1. The molecule has 0 amide bonds. The molecule has 1 nitrogen and oxygen atoms in total. The van der Waals surface area contributed by atoms with Gasteiger partial charge >= 0.3 is 0 Å². The molecule has 13 heavy (non-hydrogen) atoms. The zero-order valence-electron chi connectivity index (χ0n) is 8.58. The van der Waals surface area contributed by atoms with Crippen LogP contribution in [0.25, 0.3) is 0 Å². The molecule has 0 aromatic heterocycles. The van der Waals surface area contributed by atoms with Crippen LogP contribution < -0.4 is 5.30 Å². The molecular weight excluding hydrogens is 179 g/mol. The Kier molecular flexibility index (Phi) is 3.33. The Hall–Kier alpha value is -0.550. The third-order valence-corrected chi connectivity index (χ3v) is 6.00.